The van der Waals surface area contributed by atoms with Crippen molar-refractivity contribution >= 4 is 22.0 Å². The summed E-state index contributed by atoms with van der Waals surface area (Å²) in [7, 11) is 0. The van der Waals surface area contributed by atoms with Crippen molar-refractivity contribution in [3.63, 3.8) is 0 Å². The van der Waals surface area contributed by atoms with Crippen LogP contribution in [0.15, 0.2) is 33.7 Å². The van der Waals surface area contributed by atoms with Gasteiger partial charge in [0.25, 0.3) is 0 Å². The van der Waals surface area contributed by atoms with Gasteiger partial charge in [0.05, 0.1) is 6.04 Å². The Morgan fingerprint density at radius 3 is 3.07 bits per heavy atom. The van der Waals surface area contributed by atoms with E-state index < -0.39 is 0 Å². The number of carbonyl (C=O) groups excluding carboxylic acids is 1. The van der Waals surface area contributed by atoms with Crippen LogP contribution in [0.2, 0.25) is 0 Å². The van der Waals surface area contributed by atoms with E-state index in [1.807, 2.05) is 24.3 Å². The summed E-state index contributed by atoms with van der Waals surface area (Å²) < 4.78 is 6.36. The minimum atomic E-state index is -0.161. The lowest BCUT2D eigenvalue weighted by atomic mass is 10.3. The lowest BCUT2D eigenvalue weighted by Crippen LogP contribution is -2.11. The summed E-state index contributed by atoms with van der Waals surface area (Å²) in [6, 6.07) is 7.35. The third kappa shape index (κ3) is 3.73. The van der Waals surface area contributed by atoms with Crippen molar-refractivity contribution in [2.75, 3.05) is 6.61 Å². The van der Waals surface area contributed by atoms with Gasteiger partial charge in [-0.25, -0.2) is 4.79 Å². The molecule has 0 N–H and O–H groups in total. The summed E-state index contributed by atoms with van der Waals surface area (Å²) in [6.07, 6.45) is 1.50. The number of hydrogen-bond acceptors (Lipinski definition) is 3. The van der Waals surface area contributed by atoms with E-state index in [4.69, 9.17) is 4.74 Å². The van der Waals surface area contributed by atoms with Gasteiger partial charge in [-0.05, 0) is 25.1 Å². The average Bonchev–Trinajstić information content (AvgIpc) is 2.15. The van der Waals surface area contributed by atoms with Crippen molar-refractivity contribution in [3.05, 3.63) is 28.7 Å². The molecular formula is C10H10BrNO2. The normalized spacial score (nSPS) is 11.6. The molecule has 1 unspecified atom stereocenters. The van der Waals surface area contributed by atoms with Gasteiger partial charge >= 0.3 is 0 Å². The fourth-order valence-electron chi connectivity index (χ4n) is 0.901. The molecular weight excluding hydrogens is 246 g/mol. The molecule has 4 heteroatoms. The van der Waals surface area contributed by atoms with Gasteiger partial charge in [0.15, 0.2) is 0 Å². The van der Waals surface area contributed by atoms with Crippen molar-refractivity contribution in [1.82, 2.24) is 0 Å². The summed E-state index contributed by atoms with van der Waals surface area (Å²) in [5.41, 5.74) is 0. The molecule has 0 aliphatic carbocycles. The molecule has 1 aromatic rings. The second-order valence-corrected chi connectivity index (χ2v) is 3.75. The van der Waals surface area contributed by atoms with Crippen molar-refractivity contribution in [2.45, 2.75) is 13.0 Å². The Balaban J connectivity index is 2.49. The fourth-order valence-corrected chi connectivity index (χ4v) is 1.28. The average molecular weight is 256 g/mol. The first-order valence-electron chi connectivity index (χ1n) is 4.17. The summed E-state index contributed by atoms with van der Waals surface area (Å²) in [5, 5.41) is 0. The monoisotopic (exact) mass is 255 g/mol. The lowest BCUT2D eigenvalue weighted by Gasteiger charge is -2.07. The summed E-state index contributed by atoms with van der Waals surface area (Å²) >= 11 is 3.33. The summed E-state index contributed by atoms with van der Waals surface area (Å²) in [6.45, 7) is 2.18. The van der Waals surface area contributed by atoms with Crippen LogP contribution in [0.5, 0.6) is 5.75 Å². The molecule has 0 bridgehead atoms. The number of nitrogens with zero attached hydrogens (tertiary/aromatic N) is 1. The van der Waals surface area contributed by atoms with E-state index in [9.17, 15) is 4.79 Å². The largest absolute Gasteiger partial charge is 0.491 e. The van der Waals surface area contributed by atoms with Crippen molar-refractivity contribution in [3.8, 4) is 5.75 Å². The molecule has 74 valence electrons. The van der Waals surface area contributed by atoms with Crippen LogP contribution in [-0.4, -0.2) is 18.7 Å². The molecule has 1 rings (SSSR count). The van der Waals surface area contributed by atoms with E-state index >= 15 is 0 Å². The van der Waals surface area contributed by atoms with Crippen LogP contribution in [-0.2, 0) is 4.79 Å². The van der Waals surface area contributed by atoms with Gasteiger partial charge < -0.3 is 4.74 Å². The van der Waals surface area contributed by atoms with Gasteiger partial charge in [-0.15, -0.1) is 0 Å². The maximum Gasteiger partial charge on any atom is 0.235 e. The molecule has 0 saturated carbocycles. The molecule has 0 radical (unpaired) electrons. The highest BCUT2D eigenvalue weighted by Gasteiger charge is 2.00. The van der Waals surface area contributed by atoms with Crippen molar-refractivity contribution in [1.29, 1.82) is 0 Å². The second-order valence-electron chi connectivity index (χ2n) is 2.84. The van der Waals surface area contributed by atoms with E-state index in [1.54, 1.807) is 6.92 Å². The van der Waals surface area contributed by atoms with E-state index in [0.717, 1.165) is 10.2 Å². The van der Waals surface area contributed by atoms with Crippen LogP contribution in [0.25, 0.3) is 0 Å². The molecule has 0 aromatic heterocycles. The molecule has 0 fully saturated rings. The zero-order valence-corrected chi connectivity index (χ0v) is 9.32. The Morgan fingerprint density at radius 1 is 1.64 bits per heavy atom. The molecule has 0 spiro atoms. The SMILES string of the molecule is CC(COc1cccc(Br)c1)N=C=O. The Labute approximate surface area is 90.9 Å². The quantitative estimate of drug-likeness (QED) is 0.613. The number of hydrogen-bond donors (Lipinski definition) is 0. The van der Waals surface area contributed by atoms with Gasteiger partial charge in [-0.1, -0.05) is 22.0 Å². The Kier molecular flexibility index (Phi) is 4.36. The molecule has 0 saturated heterocycles. The number of aliphatic imine (C=N–C) groups is 1. The standard InChI is InChI=1S/C10H10BrNO2/c1-8(12-7-13)6-14-10-4-2-3-9(11)5-10/h2-5,8H,6H2,1H3. The summed E-state index contributed by atoms with van der Waals surface area (Å²) in [4.78, 5) is 13.4. The molecule has 0 aliphatic rings. The molecule has 1 atom stereocenters. The molecule has 0 amide bonds. The first kappa shape index (κ1) is 11.0. The van der Waals surface area contributed by atoms with E-state index in [-0.39, 0.29) is 6.04 Å². The minimum Gasteiger partial charge on any atom is -0.491 e. The zero-order chi connectivity index (χ0) is 10.4. The van der Waals surface area contributed by atoms with E-state index in [0.29, 0.717) is 6.61 Å². The number of benzene rings is 1. The van der Waals surface area contributed by atoms with Gasteiger partial charge in [-0.3, -0.25) is 0 Å². The third-order valence-electron chi connectivity index (χ3n) is 1.56. The Hall–Kier alpha value is -1.12. The fraction of sp³-hybridized carbons (Fsp3) is 0.300. The van der Waals surface area contributed by atoms with E-state index in [2.05, 4.69) is 20.9 Å². The third-order valence-corrected chi connectivity index (χ3v) is 2.05. The Morgan fingerprint density at radius 2 is 2.43 bits per heavy atom. The number of rotatable bonds is 4. The first-order valence-corrected chi connectivity index (χ1v) is 4.97. The molecule has 1 aromatic carbocycles. The molecule has 0 heterocycles. The predicted molar refractivity (Wildman–Crippen MR) is 57.2 cm³/mol. The minimum absolute atomic E-state index is 0.161. The van der Waals surface area contributed by atoms with Crippen molar-refractivity contribution < 1.29 is 9.53 Å². The van der Waals surface area contributed by atoms with Gasteiger partial charge in [0.2, 0.25) is 6.08 Å². The van der Waals surface area contributed by atoms with Crippen LogP contribution in [0.4, 0.5) is 0 Å². The maximum absolute atomic E-state index is 9.93. The number of halogens is 1. The van der Waals surface area contributed by atoms with Crippen LogP contribution >= 0.6 is 15.9 Å². The first-order chi connectivity index (χ1) is 6.72. The second kappa shape index (κ2) is 5.58. The highest BCUT2D eigenvalue weighted by atomic mass is 79.9. The maximum atomic E-state index is 9.93. The topological polar surface area (TPSA) is 38.7 Å². The zero-order valence-electron chi connectivity index (χ0n) is 7.74. The van der Waals surface area contributed by atoms with E-state index in [1.165, 1.54) is 6.08 Å². The highest BCUT2D eigenvalue weighted by molar-refractivity contribution is 9.10. The predicted octanol–water partition coefficient (Wildman–Crippen LogP) is 2.55. The molecule has 3 nitrogen and oxygen atoms in total. The molecule has 14 heavy (non-hydrogen) atoms. The van der Waals surface area contributed by atoms with Crippen LogP contribution < -0.4 is 4.74 Å². The molecule has 0 aliphatic heterocycles. The van der Waals surface area contributed by atoms with Crippen LogP contribution in [0.1, 0.15) is 6.92 Å². The lowest BCUT2D eigenvalue weighted by molar-refractivity contribution is 0.296. The van der Waals surface area contributed by atoms with Crippen LogP contribution in [0.3, 0.4) is 0 Å². The highest BCUT2D eigenvalue weighted by Crippen LogP contribution is 2.17. The number of ether oxygens (including phenoxy) is 1. The van der Waals surface area contributed by atoms with Crippen molar-refractivity contribution in [2.24, 2.45) is 4.99 Å². The van der Waals surface area contributed by atoms with Gasteiger partial charge in [0, 0.05) is 4.47 Å². The summed E-state index contributed by atoms with van der Waals surface area (Å²) in [5.74, 6) is 0.757. The van der Waals surface area contributed by atoms with Gasteiger partial charge in [0.1, 0.15) is 12.4 Å². The number of isocyanates is 1. The van der Waals surface area contributed by atoms with Gasteiger partial charge in [-0.2, -0.15) is 4.99 Å². The van der Waals surface area contributed by atoms with Crippen LogP contribution in [0, 0.1) is 0 Å². The smallest absolute Gasteiger partial charge is 0.235 e. The Bertz CT molecular complexity index is 348.